The smallest absolute Gasteiger partial charge is 0.263 e. The van der Waals surface area contributed by atoms with Crippen molar-refractivity contribution < 1.29 is 9.59 Å². The summed E-state index contributed by atoms with van der Waals surface area (Å²) >= 11 is 1.54. The molecule has 2 atom stereocenters. The standard InChI is InChI=1S/C22H29N3O3S/c1-29-14-20(26)24-11-16-9-17(13-24)19-8-7-18(22(28)25(19)12-16)21(27)23-10-15-5-3-2-4-6-15/h5,7-8,16-17H,2-4,6,9-14H2,1H3,(H,23,27)/t16-,17+/m0/s1. The molecule has 156 valence electrons. The van der Waals surface area contributed by atoms with Gasteiger partial charge in [0.2, 0.25) is 5.91 Å². The molecule has 0 aromatic carbocycles. The molecule has 1 saturated heterocycles. The first kappa shape index (κ1) is 20.3. The van der Waals surface area contributed by atoms with E-state index < -0.39 is 0 Å². The van der Waals surface area contributed by atoms with Gasteiger partial charge in [0, 0.05) is 37.8 Å². The average Bonchev–Trinajstić information content (AvgIpc) is 2.73. The number of amides is 2. The van der Waals surface area contributed by atoms with Gasteiger partial charge in [0.1, 0.15) is 5.56 Å². The van der Waals surface area contributed by atoms with Crippen LogP contribution in [0.4, 0.5) is 0 Å². The van der Waals surface area contributed by atoms with Gasteiger partial charge >= 0.3 is 0 Å². The topological polar surface area (TPSA) is 71.4 Å². The van der Waals surface area contributed by atoms with Crippen molar-refractivity contribution in [2.75, 3.05) is 31.6 Å². The summed E-state index contributed by atoms with van der Waals surface area (Å²) in [4.78, 5) is 40.0. The summed E-state index contributed by atoms with van der Waals surface area (Å²) in [5, 5.41) is 2.93. The largest absolute Gasteiger partial charge is 0.348 e. The van der Waals surface area contributed by atoms with Gasteiger partial charge in [0.15, 0.2) is 0 Å². The van der Waals surface area contributed by atoms with Gasteiger partial charge in [0.05, 0.1) is 5.75 Å². The van der Waals surface area contributed by atoms with E-state index in [-0.39, 0.29) is 34.8 Å². The van der Waals surface area contributed by atoms with Crippen LogP contribution in [0.15, 0.2) is 28.6 Å². The van der Waals surface area contributed by atoms with Crippen molar-refractivity contribution >= 4 is 23.6 Å². The zero-order chi connectivity index (χ0) is 20.4. The number of carbonyl (C=O) groups excluding carboxylic acids is 2. The van der Waals surface area contributed by atoms with E-state index in [9.17, 15) is 14.4 Å². The van der Waals surface area contributed by atoms with Crippen LogP contribution in [0.1, 0.15) is 54.1 Å². The Morgan fingerprint density at radius 3 is 2.83 bits per heavy atom. The molecule has 3 heterocycles. The zero-order valence-corrected chi connectivity index (χ0v) is 17.8. The minimum Gasteiger partial charge on any atom is -0.348 e. The molecule has 6 nitrogen and oxygen atoms in total. The van der Waals surface area contributed by atoms with Crippen molar-refractivity contribution in [3.8, 4) is 0 Å². The fourth-order valence-corrected chi connectivity index (χ4v) is 5.32. The SMILES string of the molecule is CSCC(=O)N1C[C@@H]2C[C@H](C1)c1ccc(C(=O)NCC3=CCCCC3)c(=O)n1C2. The van der Waals surface area contributed by atoms with Crippen LogP contribution < -0.4 is 10.9 Å². The zero-order valence-electron chi connectivity index (χ0n) is 17.0. The lowest BCUT2D eigenvalue weighted by Gasteiger charge is -2.42. The second-order valence-corrected chi connectivity index (χ2v) is 9.27. The number of fused-ring (bicyclic) bond motifs is 4. The Kier molecular flexibility index (Phi) is 6.13. The molecule has 3 aliphatic rings. The van der Waals surface area contributed by atoms with E-state index in [1.807, 2.05) is 17.2 Å². The molecule has 0 radical (unpaired) electrons. The number of carbonyl (C=O) groups is 2. The van der Waals surface area contributed by atoms with E-state index in [1.165, 1.54) is 18.4 Å². The Morgan fingerprint density at radius 1 is 1.21 bits per heavy atom. The normalized spacial score (nSPS) is 23.2. The van der Waals surface area contributed by atoms with Crippen LogP contribution in [-0.2, 0) is 11.3 Å². The van der Waals surface area contributed by atoms with Gasteiger partial charge in [0.25, 0.3) is 11.5 Å². The summed E-state index contributed by atoms with van der Waals surface area (Å²) in [6.45, 7) is 2.47. The van der Waals surface area contributed by atoms with Gasteiger partial charge in [-0.15, -0.1) is 0 Å². The summed E-state index contributed by atoms with van der Waals surface area (Å²) in [7, 11) is 0. The van der Waals surface area contributed by atoms with E-state index in [0.717, 1.165) is 25.0 Å². The maximum absolute atomic E-state index is 13.1. The van der Waals surface area contributed by atoms with Crippen molar-refractivity contribution in [1.82, 2.24) is 14.8 Å². The Morgan fingerprint density at radius 2 is 2.07 bits per heavy atom. The minimum absolute atomic E-state index is 0.172. The van der Waals surface area contributed by atoms with Gasteiger partial charge < -0.3 is 14.8 Å². The molecular formula is C22H29N3O3S. The molecule has 1 N–H and O–H groups in total. The number of hydrogen-bond acceptors (Lipinski definition) is 4. The molecule has 2 bridgehead atoms. The number of nitrogens with one attached hydrogen (secondary N) is 1. The molecule has 7 heteroatoms. The Bertz CT molecular complexity index is 892. The van der Waals surface area contributed by atoms with E-state index >= 15 is 0 Å². The van der Waals surface area contributed by atoms with Gasteiger partial charge in [-0.1, -0.05) is 11.6 Å². The van der Waals surface area contributed by atoms with Crippen molar-refractivity contribution in [2.24, 2.45) is 5.92 Å². The number of allylic oxidation sites excluding steroid dienone is 1. The lowest BCUT2D eigenvalue weighted by Crippen LogP contribution is -2.50. The molecule has 2 amide bonds. The monoisotopic (exact) mass is 415 g/mol. The summed E-state index contributed by atoms with van der Waals surface area (Å²) in [6.07, 6.45) is 9.63. The molecule has 0 spiro atoms. The van der Waals surface area contributed by atoms with E-state index in [4.69, 9.17) is 0 Å². The van der Waals surface area contributed by atoms with E-state index in [2.05, 4.69) is 11.4 Å². The number of likely N-dealkylation sites (tertiary alicyclic amines) is 1. The molecule has 1 fully saturated rings. The molecule has 0 saturated carbocycles. The van der Waals surface area contributed by atoms with Gasteiger partial charge in [-0.3, -0.25) is 14.4 Å². The molecule has 1 aromatic rings. The average molecular weight is 416 g/mol. The minimum atomic E-state index is -0.288. The van der Waals surface area contributed by atoms with Gasteiger partial charge in [-0.05, 0) is 56.4 Å². The summed E-state index contributed by atoms with van der Waals surface area (Å²) in [5.74, 6) is 0.836. The number of nitrogens with zero attached hydrogens (tertiary/aromatic N) is 2. The second kappa shape index (κ2) is 8.78. The van der Waals surface area contributed by atoms with Crippen LogP contribution >= 0.6 is 11.8 Å². The van der Waals surface area contributed by atoms with Crippen LogP contribution in [-0.4, -0.2) is 52.9 Å². The van der Waals surface area contributed by atoms with E-state index in [0.29, 0.717) is 31.9 Å². The third-order valence-corrected chi connectivity index (χ3v) is 6.87. The van der Waals surface area contributed by atoms with Crippen molar-refractivity contribution in [1.29, 1.82) is 0 Å². The molecule has 2 aliphatic heterocycles. The predicted molar refractivity (Wildman–Crippen MR) is 115 cm³/mol. The number of rotatable bonds is 5. The molecule has 29 heavy (non-hydrogen) atoms. The maximum Gasteiger partial charge on any atom is 0.263 e. The Labute approximate surface area is 175 Å². The Balaban J connectivity index is 1.50. The lowest BCUT2D eigenvalue weighted by molar-refractivity contribution is -0.131. The van der Waals surface area contributed by atoms with Crippen LogP contribution in [0.2, 0.25) is 0 Å². The van der Waals surface area contributed by atoms with Gasteiger partial charge in [-0.2, -0.15) is 11.8 Å². The number of hydrogen-bond donors (Lipinski definition) is 1. The van der Waals surface area contributed by atoms with Crippen LogP contribution in [0, 0.1) is 5.92 Å². The highest BCUT2D eigenvalue weighted by atomic mass is 32.2. The summed E-state index contributed by atoms with van der Waals surface area (Å²) in [6, 6.07) is 3.58. The quantitative estimate of drug-likeness (QED) is 0.750. The van der Waals surface area contributed by atoms with Crippen LogP contribution in [0.25, 0.3) is 0 Å². The second-order valence-electron chi connectivity index (χ2n) is 8.41. The summed E-state index contributed by atoms with van der Waals surface area (Å²) < 4.78 is 1.78. The predicted octanol–water partition coefficient (Wildman–Crippen LogP) is 2.39. The van der Waals surface area contributed by atoms with Crippen molar-refractivity contribution in [3.05, 3.63) is 45.4 Å². The summed E-state index contributed by atoms with van der Waals surface area (Å²) in [5.41, 5.74) is 2.24. The molecule has 1 aromatic heterocycles. The Hall–Kier alpha value is -2.02. The fraction of sp³-hybridized carbons (Fsp3) is 0.591. The van der Waals surface area contributed by atoms with Gasteiger partial charge in [-0.25, -0.2) is 0 Å². The van der Waals surface area contributed by atoms with Crippen molar-refractivity contribution in [2.45, 2.75) is 44.6 Å². The highest BCUT2D eigenvalue weighted by molar-refractivity contribution is 7.99. The fourth-order valence-electron chi connectivity index (χ4n) is 4.89. The highest BCUT2D eigenvalue weighted by Crippen LogP contribution is 2.35. The van der Waals surface area contributed by atoms with Crippen LogP contribution in [0.5, 0.6) is 0 Å². The molecule has 0 unspecified atom stereocenters. The van der Waals surface area contributed by atoms with E-state index in [1.54, 1.807) is 22.4 Å². The number of piperidine rings is 1. The number of aromatic nitrogens is 1. The number of thioether (sulfide) groups is 1. The first-order chi connectivity index (χ1) is 14.1. The maximum atomic E-state index is 13.1. The third kappa shape index (κ3) is 4.29. The number of pyridine rings is 1. The molecular weight excluding hydrogens is 386 g/mol. The first-order valence-electron chi connectivity index (χ1n) is 10.5. The molecule has 1 aliphatic carbocycles. The van der Waals surface area contributed by atoms with Crippen molar-refractivity contribution in [3.63, 3.8) is 0 Å². The molecule has 4 rings (SSSR count). The lowest BCUT2D eigenvalue weighted by atomic mass is 9.83. The first-order valence-corrected chi connectivity index (χ1v) is 11.9. The third-order valence-electron chi connectivity index (χ3n) is 6.33. The van der Waals surface area contributed by atoms with Crippen LogP contribution in [0.3, 0.4) is 0 Å². The highest BCUT2D eigenvalue weighted by Gasteiger charge is 2.36.